The van der Waals surface area contributed by atoms with Crippen LogP contribution in [0.1, 0.15) is 12.5 Å². The lowest BCUT2D eigenvalue weighted by atomic mass is 10.1. The SMILES string of the molecule is CCS(=O)(=O)N(C)CC(=O)Nc1ccc(CC(=O)O)cc1. The number of amides is 1. The Morgan fingerprint density at radius 1 is 1.24 bits per heavy atom. The first-order chi connectivity index (χ1) is 9.74. The van der Waals surface area contributed by atoms with Crippen molar-refractivity contribution in [2.75, 3.05) is 24.7 Å². The van der Waals surface area contributed by atoms with Crippen molar-refractivity contribution in [1.82, 2.24) is 4.31 Å². The van der Waals surface area contributed by atoms with Gasteiger partial charge < -0.3 is 10.4 Å². The van der Waals surface area contributed by atoms with Gasteiger partial charge in [0.25, 0.3) is 0 Å². The van der Waals surface area contributed by atoms with E-state index in [1.54, 1.807) is 24.3 Å². The summed E-state index contributed by atoms with van der Waals surface area (Å²) in [6.45, 7) is 1.23. The number of benzene rings is 1. The predicted molar refractivity (Wildman–Crippen MR) is 78.5 cm³/mol. The predicted octanol–water partition coefficient (Wildman–Crippen LogP) is 0.534. The number of likely N-dealkylation sites (N-methyl/N-ethyl adjacent to an activating group) is 1. The highest BCUT2D eigenvalue weighted by Crippen LogP contribution is 2.10. The third-order valence-corrected chi connectivity index (χ3v) is 4.61. The van der Waals surface area contributed by atoms with Crippen LogP contribution in [-0.2, 0) is 26.0 Å². The Labute approximate surface area is 123 Å². The molecule has 0 heterocycles. The summed E-state index contributed by atoms with van der Waals surface area (Å²) in [6, 6.07) is 6.33. The number of hydrogen-bond donors (Lipinski definition) is 2. The van der Waals surface area contributed by atoms with Crippen LogP contribution in [-0.4, -0.2) is 49.1 Å². The summed E-state index contributed by atoms with van der Waals surface area (Å²) in [4.78, 5) is 22.3. The van der Waals surface area contributed by atoms with Crippen molar-refractivity contribution in [3.8, 4) is 0 Å². The average molecular weight is 314 g/mol. The Balaban J connectivity index is 2.61. The van der Waals surface area contributed by atoms with Crippen molar-refractivity contribution in [3.05, 3.63) is 29.8 Å². The number of nitrogens with one attached hydrogen (secondary N) is 1. The molecule has 1 rings (SSSR count). The van der Waals surface area contributed by atoms with Gasteiger partial charge in [-0.3, -0.25) is 9.59 Å². The Morgan fingerprint density at radius 2 is 1.81 bits per heavy atom. The molecule has 21 heavy (non-hydrogen) atoms. The van der Waals surface area contributed by atoms with Crippen LogP contribution in [0.15, 0.2) is 24.3 Å². The second kappa shape index (κ2) is 7.19. The van der Waals surface area contributed by atoms with Crippen molar-refractivity contribution < 1.29 is 23.1 Å². The minimum Gasteiger partial charge on any atom is -0.481 e. The molecule has 2 N–H and O–H groups in total. The summed E-state index contributed by atoms with van der Waals surface area (Å²) in [5.74, 6) is -1.46. The zero-order valence-corrected chi connectivity index (χ0v) is 12.7. The fourth-order valence-corrected chi connectivity index (χ4v) is 2.36. The highest BCUT2D eigenvalue weighted by atomic mass is 32.2. The largest absolute Gasteiger partial charge is 0.481 e. The van der Waals surface area contributed by atoms with E-state index < -0.39 is 21.9 Å². The van der Waals surface area contributed by atoms with Crippen molar-refractivity contribution in [3.63, 3.8) is 0 Å². The number of anilines is 1. The second-order valence-corrected chi connectivity index (χ2v) is 6.84. The highest BCUT2D eigenvalue weighted by Gasteiger charge is 2.18. The van der Waals surface area contributed by atoms with Crippen LogP contribution in [0.4, 0.5) is 5.69 Å². The number of carboxylic acid groups (broad SMARTS) is 1. The van der Waals surface area contributed by atoms with Crippen LogP contribution in [0.3, 0.4) is 0 Å². The Hall–Kier alpha value is -1.93. The van der Waals surface area contributed by atoms with Gasteiger partial charge in [-0.2, -0.15) is 4.31 Å². The molecule has 1 amide bonds. The maximum atomic E-state index is 11.7. The molecule has 0 radical (unpaired) electrons. The standard InChI is InChI=1S/C13H18N2O5S/c1-3-21(19,20)15(2)9-12(16)14-11-6-4-10(5-7-11)8-13(17)18/h4-7H,3,8-9H2,1-2H3,(H,14,16)(H,17,18). The summed E-state index contributed by atoms with van der Waals surface area (Å²) in [7, 11) is -2.06. The molecule has 7 nitrogen and oxygen atoms in total. The van der Waals surface area contributed by atoms with Gasteiger partial charge >= 0.3 is 5.97 Å². The van der Waals surface area contributed by atoms with Gasteiger partial charge in [-0.05, 0) is 24.6 Å². The molecular formula is C13H18N2O5S. The molecule has 0 aliphatic heterocycles. The van der Waals surface area contributed by atoms with E-state index in [0.717, 1.165) is 4.31 Å². The number of nitrogens with zero attached hydrogens (tertiary/aromatic N) is 1. The smallest absolute Gasteiger partial charge is 0.307 e. The van der Waals surface area contributed by atoms with Crippen LogP contribution in [0.5, 0.6) is 0 Å². The van der Waals surface area contributed by atoms with E-state index in [-0.39, 0.29) is 18.7 Å². The van der Waals surface area contributed by atoms with E-state index in [9.17, 15) is 18.0 Å². The van der Waals surface area contributed by atoms with E-state index in [1.807, 2.05) is 0 Å². The van der Waals surface area contributed by atoms with Gasteiger partial charge in [0.2, 0.25) is 15.9 Å². The summed E-state index contributed by atoms with van der Waals surface area (Å²) >= 11 is 0. The molecule has 0 bridgehead atoms. The molecule has 0 aliphatic carbocycles. The van der Waals surface area contributed by atoms with Crippen molar-refractivity contribution in [2.45, 2.75) is 13.3 Å². The zero-order valence-electron chi connectivity index (χ0n) is 11.9. The number of hydrogen-bond acceptors (Lipinski definition) is 4. The van der Waals surface area contributed by atoms with Gasteiger partial charge in [-0.25, -0.2) is 8.42 Å². The van der Waals surface area contributed by atoms with Gasteiger partial charge in [-0.15, -0.1) is 0 Å². The van der Waals surface area contributed by atoms with Crippen LogP contribution in [0.2, 0.25) is 0 Å². The maximum absolute atomic E-state index is 11.7. The molecule has 0 aromatic heterocycles. The summed E-state index contributed by atoms with van der Waals surface area (Å²) in [5, 5.41) is 11.2. The van der Waals surface area contributed by atoms with E-state index >= 15 is 0 Å². The molecule has 1 aromatic rings. The van der Waals surface area contributed by atoms with Gasteiger partial charge in [0.1, 0.15) is 0 Å². The molecule has 1 aromatic carbocycles. The van der Waals surface area contributed by atoms with Crippen molar-refractivity contribution in [2.24, 2.45) is 0 Å². The molecule has 0 saturated carbocycles. The molecule has 8 heteroatoms. The monoisotopic (exact) mass is 314 g/mol. The minimum absolute atomic E-state index is 0.0688. The molecule has 0 saturated heterocycles. The Kier molecular flexibility index (Phi) is 5.86. The number of carbonyl (C=O) groups excluding carboxylic acids is 1. The lowest BCUT2D eigenvalue weighted by Crippen LogP contribution is -2.35. The third kappa shape index (κ3) is 5.52. The van der Waals surface area contributed by atoms with E-state index in [4.69, 9.17) is 5.11 Å². The van der Waals surface area contributed by atoms with E-state index in [0.29, 0.717) is 11.3 Å². The van der Waals surface area contributed by atoms with Gasteiger partial charge in [0.15, 0.2) is 0 Å². The normalized spacial score (nSPS) is 11.4. The minimum atomic E-state index is -3.40. The fraction of sp³-hybridized carbons (Fsp3) is 0.385. The molecule has 0 unspecified atom stereocenters. The lowest BCUT2D eigenvalue weighted by molar-refractivity contribution is -0.136. The zero-order chi connectivity index (χ0) is 16.0. The van der Waals surface area contributed by atoms with Crippen LogP contribution >= 0.6 is 0 Å². The molecule has 116 valence electrons. The first kappa shape index (κ1) is 17.1. The highest BCUT2D eigenvalue weighted by molar-refractivity contribution is 7.89. The average Bonchev–Trinajstić information content (AvgIpc) is 2.40. The van der Waals surface area contributed by atoms with Crippen molar-refractivity contribution >= 4 is 27.6 Å². The van der Waals surface area contributed by atoms with Gasteiger partial charge in [0.05, 0.1) is 18.7 Å². The first-order valence-electron chi connectivity index (χ1n) is 6.29. The molecular weight excluding hydrogens is 296 g/mol. The number of rotatable bonds is 7. The number of aliphatic carboxylic acids is 1. The summed E-state index contributed by atoms with van der Waals surface area (Å²) in [5.41, 5.74) is 1.10. The molecule has 0 aliphatic rings. The first-order valence-corrected chi connectivity index (χ1v) is 7.90. The van der Waals surface area contributed by atoms with Gasteiger partial charge in [-0.1, -0.05) is 12.1 Å². The molecule has 0 atom stereocenters. The van der Waals surface area contributed by atoms with Crippen LogP contribution in [0, 0.1) is 0 Å². The maximum Gasteiger partial charge on any atom is 0.307 e. The summed E-state index contributed by atoms with van der Waals surface area (Å²) in [6.07, 6.45) is -0.0916. The third-order valence-electron chi connectivity index (χ3n) is 2.80. The summed E-state index contributed by atoms with van der Waals surface area (Å²) < 4.78 is 24.0. The Morgan fingerprint density at radius 3 is 2.29 bits per heavy atom. The Bertz CT molecular complexity index is 610. The van der Waals surface area contributed by atoms with Crippen molar-refractivity contribution in [1.29, 1.82) is 0 Å². The topological polar surface area (TPSA) is 104 Å². The molecule has 0 fully saturated rings. The number of carboxylic acids is 1. The quantitative estimate of drug-likeness (QED) is 0.764. The second-order valence-electron chi connectivity index (χ2n) is 4.47. The van der Waals surface area contributed by atoms with Crippen LogP contribution in [0.25, 0.3) is 0 Å². The fourth-order valence-electron chi connectivity index (χ4n) is 1.60. The van der Waals surface area contributed by atoms with Crippen LogP contribution < -0.4 is 5.32 Å². The van der Waals surface area contributed by atoms with E-state index in [2.05, 4.69) is 5.32 Å². The number of sulfonamides is 1. The molecule has 0 spiro atoms. The van der Waals surface area contributed by atoms with E-state index in [1.165, 1.54) is 14.0 Å². The number of carbonyl (C=O) groups is 2. The van der Waals surface area contributed by atoms with Gasteiger partial charge in [0, 0.05) is 12.7 Å². The lowest BCUT2D eigenvalue weighted by Gasteiger charge is -2.15.